The molecule has 1 aromatic carbocycles. The third kappa shape index (κ3) is 4.31. The molecule has 94 valence electrons. The molecular weight excluding hydrogens is 210 g/mol. The summed E-state index contributed by atoms with van der Waals surface area (Å²) in [6, 6.07) is 5.87. The molecule has 1 aromatic rings. The molecule has 0 aliphatic rings. The van der Waals surface area contributed by atoms with Crippen LogP contribution in [0.1, 0.15) is 42.9 Å². The Morgan fingerprint density at radius 1 is 1.29 bits per heavy atom. The minimum Gasteiger partial charge on any atom is -0.321 e. The third-order valence-corrected chi connectivity index (χ3v) is 3.23. The highest BCUT2D eigenvalue weighted by atomic mass is 16.1. The summed E-state index contributed by atoms with van der Waals surface area (Å²) >= 11 is 0. The molecule has 0 bridgehead atoms. The smallest absolute Gasteiger partial charge is 0.153 e. The van der Waals surface area contributed by atoms with E-state index < -0.39 is 0 Å². The Balaban J connectivity index is 2.58. The lowest BCUT2D eigenvalue weighted by atomic mass is 9.98. The van der Waals surface area contributed by atoms with E-state index >= 15 is 0 Å². The van der Waals surface area contributed by atoms with Crippen molar-refractivity contribution in [1.29, 1.82) is 0 Å². The van der Waals surface area contributed by atoms with Crippen molar-refractivity contribution in [1.82, 2.24) is 0 Å². The van der Waals surface area contributed by atoms with Crippen LogP contribution < -0.4 is 5.73 Å². The fourth-order valence-corrected chi connectivity index (χ4v) is 1.83. The fraction of sp³-hybridized carbons (Fsp3) is 0.533. The van der Waals surface area contributed by atoms with Crippen LogP contribution in [0.4, 0.5) is 0 Å². The zero-order chi connectivity index (χ0) is 12.8. The zero-order valence-corrected chi connectivity index (χ0v) is 11.1. The number of rotatable bonds is 6. The molecular formula is C15H23NO. The van der Waals surface area contributed by atoms with E-state index in [1.54, 1.807) is 0 Å². The standard InChI is InChI=1S/C15H23NO/c1-4-5-6-14(16)15(17)10-13-8-7-11(2)12(3)9-13/h7-9,14H,4-6,10,16H2,1-3H3. The first-order valence-corrected chi connectivity index (χ1v) is 6.39. The number of hydrogen-bond donors (Lipinski definition) is 1. The van der Waals surface area contributed by atoms with Crippen LogP contribution >= 0.6 is 0 Å². The first kappa shape index (κ1) is 13.9. The van der Waals surface area contributed by atoms with Gasteiger partial charge in [0.25, 0.3) is 0 Å². The highest BCUT2D eigenvalue weighted by Crippen LogP contribution is 2.11. The number of carbonyl (C=O) groups is 1. The maximum Gasteiger partial charge on any atom is 0.153 e. The second-order valence-electron chi connectivity index (χ2n) is 4.81. The van der Waals surface area contributed by atoms with Gasteiger partial charge in [-0.25, -0.2) is 0 Å². The van der Waals surface area contributed by atoms with E-state index in [0.717, 1.165) is 24.8 Å². The van der Waals surface area contributed by atoms with Gasteiger partial charge in [-0.15, -0.1) is 0 Å². The maximum absolute atomic E-state index is 11.9. The van der Waals surface area contributed by atoms with Crippen molar-refractivity contribution >= 4 is 5.78 Å². The summed E-state index contributed by atoms with van der Waals surface area (Å²) in [6.45, 7) is 6.26. The molecule has 0 aliphatic heterocycles. The first-order chi connectivity index (χ1) is 8.04. The van der Waals surface area contributed by atoms with Gasteiger partial charge in [0.05, 0.1) is 6.04 Å². The molecule has 0 aromatic heterocycles. The molecule has 2 heteroatoms. The van der Waals surface area contributed by atoms with E-state index in [4.69, 9.17) is 5.73 Å². The van der Waals surface area contributed by atoms with Crippen LogP contribution in [0.5, 0.6) is 0 Å². The summed E-state index contributed by atoms with van der Waals surface area (Å²) in [7, 11) is 0. The maximum atomic E-state index is 11.9. The SMILES string of the molecule is CCCCC(N)C(=O)Cc1ccc(C)c(C)c1. The van der Waals surface area contributed by atoms with Gasteiger partial charge in [0.2, 0.25) is 0 Å². The molecule has 0 heterocycles. The second kappa shape index (κ2) is 6.55. The summed E-state index contributed by atoms with van der Waals surface area (Å²) in [5.41, 5.74) is 9.44. The molecule has 2 N–H and O–H groups in total. The van der Waals surface area contributed by atoms with Gasteiger partial charge >= 0.3 is 0 Å². The molecule has 1 atom stereocenters. The van der Waals surface area contributed by atoms with Crippen molar-refractivity contribution in [2.75, 3.05) is 0 Å². The van der Waals surface area contributed by atoms with Gasteiger partial charge in [-0.3, -0.25) is 4.79 Å². The molecule has 1 unspecified atom stereocenters. The third-order valence-electron chi connectivity index (χ3n) is 3.23. The molecule has 0 saturated heterocycles. The molecule has 0 fully saturated rings. The molecule has 2 nitrogen and oxygen atoms in total. The number of Topliss-reactive ketones (excluding diaryl/α,β-unsaturated/α-hetero) is 1. The predicted octanol–water partition coefficient (Wildman–Crippen LogP) is 2.93. The normalized spacial score (nSPS) is 12.5. The lowest BCUT2D eigenvalue weighted by Gasteiger charge is -2.10. The van der Waals surface area contributed by atoms with Crippen LogP contribution in [-0.2, 0) is 11.2 Å². The Labute approximate surface area is 104 Å². The van der Waals surface area contributed by atoms with Crippen LogP contribution in [0.3, 0.4) is 0 Å². The average molecular weight is 233 g/mol. The Morgan fingerprint density at radius 2 is 2.00 bits per heavy atom. The van der Waals surface area contributed by atoms with Gasteiger partial charge in [0.1, 0.15) is 0 Å². The van der Waals surface area contributed by atoms with Gasteiger partial charge in [0, 0.05) is 6.42 Å². The number of aryl methyl sites for hydroxylation is 2. The van der Waals surface area contributed by atoms with Crippen molar-refractivity contribution in [3.8, 4) is 0 Å². The Kier molecular flexibility index (Phi) is 5.36. The van der Waals surface area contributed by atoms with E-state index in [9.17, 15) is 4.79 Å². The van der Waals surface area contributed by atoms with Gasteiger partial charge in [-0.2, -0.15) is 0 Å². The van der Waals surface area contributed by atoms with Crippen LogP contribution in [0.15, 0.2) is 18.2 Å². The average Bonchev–Trinajstić information content (AvgIpc) is 2.30. The van der Waals surface area contributed by atoms with E-state index in [0.29, 0.717) is 6.42 Å². The number of carbonyl (C=O) groups excluding carboxylic acids is 1. The summed E-state index contributed by atoms with van der Waals surface area (Å²) in [4.78, 5) is 11.9. The quantitative estimate of drug-likeness (QED) is 0.821. The van der Waals surface area contributed by atoms with E-state index in [1.807, 2.05) is 6.07 Å². The summed E-state index contributed by atoms with van der Waals surface area (Å²) < 4.78 is 0. The number of nitrogens with two attached hydrogens (primary N) is 1. The number of benzene rings is 1. The Bertz CT molecular complexity index is 385. The Morgan fingerprint density at radius 3 is 2.59 bits per heavy atom. The van der Waals surface area contributed by atoms with Gasteiger partial charge in [-0.1, -0.05) is 38.0 Å². The van der Waals surface area contributed by atoms with E-state index in [1.165, 1.54) is 11.1 Å². The van der Waals surface area contributed by atoms with Crippen molar-refractivity contribution in [2.45, 2.75) is 52.5 Å². The summed E-state index contributed by atoms with van der Waals surface area (Å²) in [6.07, 6.45) is 3.39. The topological polar surface area (TPSA) is 43.1 Å². The van der Waals surface area contributed by atoms with Crippen LogP contribution in [0.2, 0.25) is 0 Å². The van der Waals surface area contributed by atoms with Crippen molar-refractivity contribution in [3.05, 3.63) is 34.9 Å². The van der Waals surface area contributed by atoms with Crippen molar-refractivity contribution < 1.29 is 4.79 Å². The largest absolute Gasteiger partial charge is 0.321 e. The number of unbranched alkanes of at least 4 members (excludes halogenated alkanes) is 1. The molecule has 0 radical (unpaired) electrons. The van der Waals surface area contributed by atoms with E-state index in [2.05, 4.69) is 32.9 Å². The van der Waals surface area contributed by atoms with Crippen molar-refractivity contribution in [3.63, 3.8) is 0 Å². The van der Waals surface area contributed by atoms with Gasteiger partial charge < -0.3 is 5.73 Å². The molecule has 0 spiro atoms. The summed E-state index contributed by atoms with van der Waals surface area (Å²) in [5, 5.41) is 0. The van der Waals surface area contributed by atoms with E-state index in [-0.39, 0.29) is 11.8 Å². The van der Waals surface area contributed by atoms with Gasteiger partial charge in [-0.05, 0) is 37.0 Å². The second-order valence-corrected chi connectivity index (χ2v) is 4.81. The lowest BCUT2D eigenvalue weighted by Crippen LogP contribution is -2.31. The van der Waals surface area contributed by atoms with Crippen LogP contribution in [0, 0.1) is 13.8 Å². The molecule has 0 saturated carbocycles. The monoisotopic (exact) mass is 233 g/mol. The highest BCUT2D eigenvalue weighted by Gasteiger charge is 2.13. The molecule has 0 amide bonds. The molecule has 17 heavy (non-hydrogen) atoms. The van der Waals surface area contributed by atoms with Crippen LogP contribution in [0.25, 0.3) is 0 Å². The van der Waals surface area contributed by atoms with Crippen LogP contribution in [-0.4, -0.2) is 11.8 Å². The number of ketones is 1. The van der Waals surface area contributed by atoms with Gasteiger partial charge in [0.15, 0.2) is 5.78 Å². The first-order valence-electron chi connectivity index (χ1n) is 6.39. The minimum absolute atomic E-state index is 0.154. The lowest BCUT2D eigenvalue weighted by molar-refractivity contribution is -0.119. The summed E-state index contributed by atoms with van der Waals surface area (Å²) in [5.74, 6) is 0.154. The molecule has 0 aliphatic carbocycles. The predicted molar refractivity (Wildman–Crippen MR) is 72.1 cm³/mol. The highest BCUT2D eigenvalue weighted by molar-refractivity contribution is 5.85. The van der Waals surface area contributed by atoms with Crippen molar-refractivity contribution in [2.24, 2.45) is 5.73 Å². The number of hydrogen-bond acceptors (Lipinski definition) is 2. The minimum atomic E-state index is -0.295. The zero-order valence-electron chi connectivity index (χ0n) is 11.1. The molecule has 1 rings (SSSR count). The Hall–Kier alpha value is -1.15. The fourth-order valence-electron chi connectivity index (χ4n) is 1.83.